The molecule has 0 aliphatic heterocycles. The van der Waals surface area contributed by atoms with Crippen LogP contribution in [0, 0.1) is 10.1 Å². The van der Waals surface area contributed by atoms with Gasteiger partial charge in [-0.2, -0.15) is 0 Å². The van der Waals surface area contributed by atoms with Crippen LogP contribution in [0.15, 0.2) is 36.4 Å². The van der Waals surface area contributed by atoms with Gasteiger partial charge < -0.3 is 10.1 Å². The lowest BCUT2D eigenvalue weighted by atomic mass is 10.2. The number of carbonyl (C=O) groups is 1. The number of methoxy groups -OCH3 is 1. The van der Waals surface area contributed by atoms with Crippen molar-refractivity contribution in [3.8, 4) is 5.75 Å². The van der Waals surface area contributed by atoms with Gasteiger partial charge in [-0.15, -0.1) is 0 Å². The number of nitrogens with zero attached hydrogens (tertiary/aromatic N) is 1. The second-order valence-electron chi connectivity index (χ2n) is 4.19. The van der Waals surface area contributed by atoms with Crippen molar-refractivity contribution in [1.29, 1.82) is 0 Å². The Hall–Kier alpha value is -2.31. The monoisotopic (exact) mass is 340 g/mol. The minimum absolute atomic E-state index is 0.117. The molecule has 0 aliphatic rings. The Bertz CT molecular complexity index is 729. The summed E-state index contributed by atoms with van der Waals surface area (Å²) >= 11 is 11.9. The van der Waals surface area contributed by atoms with Crippen LogP contribution in [0.25, 0.3) is 0 Å². The molecule has 0 saturated carbocycles. The summed E-state index contributed by atoms with van der Waals surface area (Å²) in [6.45, 7) is 0. The summed E-state index contributed by atoms with van der Waals surface area (Å²) in [5, 5.41) is 13.7. The number of benzene rings is 2. The molecule has 2 rings (SSSR count). The highest BCUT2D eigenvalue weighted by Gasteiger charge is 2.18. The predicted molar refractivity (Wildman–Crippen MR) is 84.1 cm³/mol. The molecule has 1 amide bonds. The van der Waals surface area contributed by atoms with E-state index in [9.17, 15) is 14.9 Å². The minimum atomic E-state index is -0.556. The number of nitro groups is 1. The molecule has 0 atom stereocenters. The van der Waals surface area contributed by atoms with Gasteiger partial charge in [-0.05, 0) is 18.2 Å². The first kappa shape index (κ1) is 16.1. The molecule has 0 bridgehead atoms. The molecule has 0 aliphatic carbocycles. The fourth-order valence-corrected chi connectivity index (χ4v) is 2.37. The zero-order valence-corrected chi connectivity index (χ0v) is 12.8. The number of ether oxygens (including phenoxy) is 1. The van der Waals surface area contributed by atoms with Crippen molar-refractivity contribution in [2.45, 2.75) is 0 Å². The van der Waals surface area contributed by atoms with Crippen LogP contribution in [0.4, 0.5) is 11.4 Å². The van der Waals surface area contributed by atoms with E-state index in [-0.39, 0.29) is 32.7 Å². The number of nitrogens with one attached hydrogen (secondary N) is 1. The van der Waals surface area contributed by atoms with E-state index in [2.05, 4.69) is 5.32 Å². The van der Waals surface area contributed by atoms with Gasteiger partial charge in [0.2, 0.25) is 0 Å². The van der Waals surface area contributed by atoms with Crippen molar-refractivity contribution < 1.29 is 14.5 Å². The van der Waals surface area contributed by atoms with Crippen LogP contribution in [0.3, 0.4) is 0 Å². The lowest BCUT2D eigenvalue weighted by Gasteiger charge is -2.11. The Morgan fingerprint density at radius 2 is 1.86 bits per heavy atom. The smallest absolute Gasteiger partial charge is 0.273 e. The zero-order chi connectivity index (χ0) is 16.3. The highest BCUT2D eigenvalue weighted by atomic mass is 35.5. The first-order chi connectivity index (χ1) is 10.4. The van der Waals surface area contributed by atoms with Gasteiger partial charge in [0.1, 0.15) is 5.75 Å². The number of anilines is 1. The van der Waals surface area contributed by atoms with Gasteiger partial charge in [0, 0.05) is 6.07 Å². The van der Waals surface area contributed by atoms with E-state index < -0.39 is 10.8 Å². The lowest BCUT2D eigenvalue weighted by Crippen LogP contribution is -2.14. The molecule has 0 fully saturated rings. The number of hydrogen-bond donors (Lipinski definition) is 1. The highest BCUT2D eigenvalue weighted by molar-refractivity contribution is 6.40. The number of carbonyl (C=O) groups excluding carboxylic acids is 1. The summed E-state index contributed by atoms with van der Waals surface area (Å²) in [6.07, 6.45) is 0. The first-order valence-electron chi connectivity index (χ1n) is 6.02. The molecule has 22 heavy (non-hydrogen) atoms. The van der Waals surface area contributed by atoms with E-state index in [1.54, 1.807) is 6.07 Å². The maximum atomic E-state index is 12.3. The Labute approximate surface area is 135 Å². The van der Waals surface area contributed by atoms with Crippen molar-refractivity contribution in [2.75, 3.05) is 12.4 Å². The van der Waals surface area contributed by atoms with Gasteiger partial charge in [0.05, 0.1) is 39.4 Å². The molecule has 0 saturated heterocycles. The third kappa shape index (κ3) is 3.29. The molecular weight excluding hydrogens is 331 g/mol. The van der Waals surface area contributed by atoms with E-state index in [0.29, 0.717) is 0 Å². The fourth-order valence-electron chi connectivity index (χ4n) is 1.80. The maximum absolute atomic E-state index is 12.3. The third-order valence-electron chi connectivity index (χ3n) is 2.83. The predicted octanol–water partition coefficient (Wildman–Crippen LogP) is 4.16. The fraction of sp³-hybridized carbons (Fsp3) is 0.0714. The highest BCUT2D eigenvalue weighted by Crippen LogP contribution is 2.31. The summed E-state index contributed by atoms with van der Waals surface area (Å²) in [5.74, 6) is -0.381. The first-order valence-corrected chi connectivity index (χ1v) is 6.77. The molecule has 0 radical (unpaired) electrons. The summed E-state index contributed by atoms with van der Waals surface area (Å²) < 4.78 is 5.05. The number of halogens is 2. The minimum Gasteiger partial charge on any atom is -0.494 e. The van der Waals surface area contributed by atoms with E-state index in [4.69, 9.17) is 27.9 Å². The quantitative estimate of drug-likeness (QED) is 0.669. The van der Waals surface area contributed by atoms with Gasteiger partial charge in [-0.3, -0.25) is 14.9 Å². The molecule has 0 heterocycles. The van der Waals surface area contributed by atoms with Gasteiger partial charge >= 0.3 is 0 Å². The van der Waals surface area contributed by atoms with Crippen molar-refractivity contribution in [3.05, 3.63) is 62.1 Å². The van der Waals surface area contributed by atoms with Gasteiger partial charge in [0.15, 0.2) is 0 Å². The zero-order valence-electron chi connectivity index (χ0n) is 11.3. The molecule has 0 spiro atoms. The van der Waals surface area contributed by atoms with Crippen molar-refractivity contribution in [2.24, 2.45) is 0 Å². The van der Waals surface area contributed by atoms with Crippen LogP contribution in [0.5, 0.6) is 5.75 Å². The Morgan fingerprint density at radius 3 is 2.41 bits per heavy atom. The van der Waals surface area contributed by atoms with Gasteiger partial charge in [-0.1, -0.05) is 29.3 Å². The molecule has 1 N–H and O–H groups in total. The summed E-state index contributed by atoms with van der Waals surface area (Å²) in [7, 11) is 1.34. The van der Waals surface area contributed by atoms with Crippen LogP contribution in [-0.4, -0.2) is 17.9 Å². The summed E-state index contributed by atoms with van der Waals surface area (Å²) in [5.41, 5.74) is 0.242. The number of nitro benzene ring substituents is 1. The molecule has 114 valence electrons. The van der Waals surface area contributed by atoms with Crippen LogP contribution in [-0.2, 0) is 0 Å². The van der Waals surface area contributed by atoms with Gasteiger partial charge in [-0.25, -0.2) is 0 Å². The second-order valence-corrected chi connectivity index (χ2v) is 5.01. The van der Waals surface area contributed by atoms with Crippen molar-refractivity contribution in [3.63, 3.8) is 0 Å². The topological polar surface area (TPSA) is 81.5 Å². The lowest BCUT2D eigenvalue weighted by molar-refractivity contribution is -0.384. The van der Waals surface area contributed by atoms with Gasteiger partial charge in [0.25, 0.3) is 11.6 Å². The van der Waals surface area contributed by atoms with Crippen LogP contribution in [0.2, 0.25) is 10.0 Å². The van der Waals surface area contributed by atoms with Crippen LogP contribution < -0.4 is 10.1 Å². The van der Waals surface area contributed by atoms with Crippen molar-refractivity contribution >= 4 is 40.5 Å². The number of hydrogen-bond acceptors (Lipinski definition) is 4. The number of rotatable bonds is 4. The number of non-ortho nitro benzene ring substituents is 1. The Balaban J connectivity index is 2.34. The molecule has 8 heteroatoms. The standard InChI is InChI=1S/C14H10Cl2N2O4/c1-22-12-7-8(18(20)21)5-6-11(12)17-14(19)13-9(15)3-2-4-10(13)16/h2-7H,1H3,(H,17,19). The second kappa shape index (κ2) is 6.64. The average Bonchev–Trinajstić information content (AvgIpc) is 2.47. The SMILES string of the molecule is COc1cc([N+](=O)[O-])ccc1NC(=O)c1c(Cl)cccc1Cl. The van der Waals surface area contributed by atoms with Crippen LogP contribution >= 0.6 is 23.2 Å². The largest absolute Gasteiger partial charge is 0.494 e. The van der Waals surface area contributed by atoms with Crippen LogP contribution in [0.1, 0.15) is 10.4 Å². The average molecular weight is 341 g/mol. The molecule has 2 aromatic carbocycles. The molecule has 0 aromatic heterocycles. The molecular formula is C14H10Cl2N2O4. The van der Waals surface area contributed by atoms with E-state index in [0.717, 1.165) is 0 Å². The Kier molecular flexibility index (Phi) is 4.85. The third-order valence-corrected chi connectivity index (χ3v) is 3.46. The van der Waals surface area contributed by atoms with E-state index in [1.165, 1.54) is 37.4 Å². The molecule has 6 nitrogen and oxygen atoms in total. The number of amides is 1. The normalized spacial score (nSPS) is 10.1. The van der Waals surface area contributed by atoms with E-state index in [1.807, 2.05) is 0 Å². The molecule has 0 unspecified atom stereocenters. The summed E-state index contributed by atoms with van der Waals surface area (Å²) in [6, 6.07) is 8.54. The maximum Gasteiger partial charge on any atom is 0.273 e. The Morgan fingerprint density at radius 1 is 1.23 bits per heavy atom. The summed E-state index contributed by atoms with van der Waals surface area (Å²) in [4.78, 5) is 22.5. The van der Waals surface area contributed by atoms with E-state index >= 15 is 0 Å². The molecule has 2 aromatic rings. The van der Waals surface area contributed by atoms with Crippen molar-refractivity contribution in [1.82, 2.24) is 0 Å².